The van der Waals surface area contributed by atoms with Crippen molar-refractivity contribution in [3.8, 4) is 0 Å². The summed E-state index contributed by atoms with van der Waals surface area (Å²) in [6, 6.07) is 0.334. The van der Waals surface area contributed by atoms with E-state index in [1.54, 1.807) is 17.3 Å². The molecule has 23 heavy (non-hydrogen) atoms. The van der Waals surface area contributed by atoms with E-state index < -0.39 is 0 Å². The standard InChI is InChI=1S/C18H24N4S/c1-13(16-11-19-8-9-20-16)22-10-4-5-14(12-22)18-21-15-6-2-3-7-17(15)23-18/h8-9,11,13-14H,2-7,10,12H2,1H3/t13-,14+/m0/s1. The zero-order valence-electron chi connectivity index (χ0n) is 13.7. The fraction of sp³-hybridized carbons (Fsp3) is 0.611. The van der Waals surface area contributed by atoms with Crippen molar-refractivity contribution in [2.75, 3.05) is 13.1 Å². The van der Waals surface area contributed by atoms with Crippen LogP contribution in [0.5, 0.6) is 0 Å². The van der Waals surface area contributed by atoms with Gasteiger partial charge in [-0.15, -0.1) is 11.3 Å². The summed E-state index contributed by atoms with van der Waals surface area (Å²) in [6.45, 7) is 4.50. The molecule has 0 radical (unpaired) electrons. The quantitative estimate of drug-likeness (QED) is 0.860. The summed E-state index contributed by atoms with van der Waals surface area (Å²) in [5, 5.41) is 1.38. The number of likely N-dealkylation sites (tertiary alicyclic amines) is 1. The second-order valence-electron chi connectivity index (χ2n) is 6.77. The van der Waals surface area contributed by atoms with Gasteiger partial charge in [-0.3, -0.25) is 14.9 Å². The molecule has 0 saturated carbocycles. The van der Waals surface area contributed by atoms with Crippen LogP contribution in [-0.2, 0) is 12.8 Å². The Hall–Kier alpha value is -1.33. The number of rotatable bonds is 3. The van der Waals surface area contributed by atoms with Crippen molar-refractivity contribution in [3.63, 3.8) is 0 Å². The average molecular weight is 328 g/mol. The molecule has 2 aromatic heterocycles. The van der Waals surface area contributed by atoms with E-state index in [2.05, 4.69) is 21.8 Å². The molecule has 0 bridgehead atoms. The summed E-state index contributed by atoms with van der Waals surface area (Å²) in [4.78, 5) is 17.8. The minimum atomic E-state index is 0.334. The first-order chi connectivity index (χ1) is 11.3. The Kier molecular flexibility index (Phi) is 4.40. The Morgan fingerprint density at radius 3 is 2.96 bits per heavy atom. The fourth-order valence-electron chi connectivity index (χ4n) is 3.82. The summed E-state index contributed by atoms with van der Waals surface area (Å²) in [5.41, 5.74) is 2.47. The minimum Gasteiger partial charge on any atom is -0.294 e. The summed E-state index contributed by atoms with van der Waals surface area (Å²) < 4.78 is 0. The summed E-state index contributed by atoms with van der Waals surface area (Å²) in [5.74, 6) is 0.596. The van der Waals surface area contributed by atoms with Crippen molar-refractivity contribution in [3.05, 3.63) is 39.9 Å². The zero-order valence-corrected chi connectivity index (χ0v) is 14.6. The average Bonchev–Trinajstić information content (AvgIpc) is 3.06. The van der Waals surface area contributed by atoms with E-state index in [1.807, 2.05) is 17.5 Å². The molecule has 5 heteroatoms. The van der Waals surface area contributed by atoms with Gasteiger partial charge in [0.2, 0.25) is 0 Å². The molecule has 1 aliphatic carbocycles. The molecule has 0 spiro atoms. The third kappa shape index (κ3) is 3.17. The summed E-state index contributed by atoms with van der Waals surface area (Å²) in [7, 11) is 0. The first-order valence-electron chi connectivity index (χ1n) is 8.79. The Bertz CT molecular complexity index is 631. The predicted octanol–water partition coefficient (Wildman–Crippen LogP) is 3.75. The number of piperidine rings is 1. The first-order valence-corrected chi connectivity index (χ1v) is 9.61. The molecule has 3 heterocycles. The highest BCUT2D eigenvalue weighted by atomic mass is 32.1. The van der Waals surface area contributed by atoms with E-state index in [4.69, 9.17) is 4.98 Å². The smallest absolute Gasteiger partial charge is 0.0974 e. The van der Waals surface area contributed by atoms with Gasteiger partial charge in [0.1, 0.15) is 0 Å². The fourth-order valence-corrected chi connectivity index (χ4v) is 5.10. The van der Waals surface area contributed by atoms with Crippen LogP contribution in [0.15, 0.2) is 18.6 Å². The van der Waals surface area contributed by atoms with Gasteiger partial charge in [-0.25, -0.2) is 4.98 Å². The van der Waals surface area contributed by atoms with E-state index in [9.17, 15) is 0 Å². The molecule has 4 nitrogen and oxygen atoms in total. The van der Waals surface area contributed by atoms with Crippen molar-refractivity contribution >= 4 is 11.3 Å². The lowest BCUT2D eigenvalue weighted by Crippen LogP contribution is -2.36. The molecule has 2 aromatic rings. The van der Waals surface area contributed by atoms with Gasteiger partial charge in [0.05, 0.1) is 22.4 Å². The van der Waals surface area contributed by atoms with Crippen LogP contribution in [0, 0.1) is 0 Å². The second-order valence-corrected chi connectivity index (χ2v) is 7.88. The molecule has 0 N–H and O–H groups in total. The van der Waals surface area contributed by atoms with Gasteiger partial charge < -0.3 is 0 Å². The summed E-state index contributed by atoms with van der Waals surface area (Å²) in [6.07, 6.45) is 13.1. The van der Waals surface area contributed by atoms with Crippen molar-refractivity contribution < 1.29 is 0 Å². The molecule has 0 aromatic carbocycles. The molecule has 4 rings (SSSR count). The van der Waals surface area contributed by atoms with Crippen LogP contribution < -0.4 is 0 Å². The Morgan fingerprint density at radius 1 is 1.22 bits per heavy atom. The maximum atomic E-state index is 5.00. The third-order valence-electron chi connectivity index (χ3n) is 5.22. The second kappa shape index (κ2) is 6.65. The maximum Gasteiger partial charge on any atom is 0.0974 e. The lowest BCUT2D eigenvalue weighted by molar-refractivity contribution is 0.155. The van der Waals surface area contributed by atoms with E-state index in [1.165, 1.54) is 49.2 Å². The van der Waals surface area contributed by atoms with Gasteiger partial charge in [0.15, 0.2) is 0 Å². The largest absolute Gasteiger partial charge is 0.294 e. The van der Waals surface area contributed by atoms with Crippen LogP contribution in [0.3, 0.4) is 0 Å². The number of hydrogen-bond acceptors (Lipinski definition) is 5. The number of fused-ring (bicyclic) bond motifs is 1. The molecule has 0 unspecified atom stereocenters. The van der Waals surface area contributed by atoms with Crippen LogP contribution in [0.2, 0.25) is 0 Å². The Morgan fingerprint density at radius 2 is 2.13 bits per heavy atom. The highest BCUT2D eigenvalue weighted by molar-refractivity contribution is 7.11. The number of thiazole rings is 1. The van der Waals surface area contributed by atoms with Crippen LogP contribution in [0.25, 0.3) is 0 Å². The van der Waals surface area contributed by atoms with E-state index in [0.717, 1.165) is 18.8 Å². The Labute approximate surface area is 142 Å². The SMILES string of the molecule is C[C@@H](c1cnccn1)N1CCC[C@@H](c2nc3c(s2)CCCC3)C1. The van der Waals surface area contributed by atoms with E-state index in [0.29, 0.717) is 12.0 Å². The first kappa shape index (κ1) is 15.2. The Balaban J connectivity index is 1.49. The van der Waals surface area contributed by atoms with Gasteiger partial charge in [-0.2, -0.15) is 0 Å². The highest BCUT2D eigenvalue weighted by Gasteiger charge is 2.29. The van der Waals surface area contributed by atoms with E-state index >= 15 is 0 Å². The number of aryl methyl sites for hydroxylation is 2. The lowest BCUT2D eigenvalue weighted by atomic mass is 9.96. The minimum absolute atomic E-state index is 0.334. The topological polar surface area (TPSA) is 41.9 Å². The molecule has 2 aliphatic rings. The lowest BCUT2D eigenvalue weighted by Gasteiger charge is -2.35. The molecule has 0 amide bonds. The number of aromatic nitrogens is 3. The van der Waals surface area contributed by atoms with Crippen molar-refractivity contribution in [1.29, 1.82) is 0 Å². The van der Waals surface area contributed by atoms with Crippen molar-refractivity contribution in [2.24, 2.45) is 0 Å². The van der Waals surface area contributed by atoms with Crippen LogP contribution in [-0.4, -0.2) is 32.9 Å². The van der Waals surface area contributed by atoms with Gasteiger partial charge in [0, 0.05) is 35.9 Å². The molecular formula is C18H24N4S. The van der Waals surface area contributed by atoms with Crippen LogP contribution >= 0.6 is 11.3 Å². The maximum absolute atomic E-state index is 5.00. The van der Waals surface area contributed by atoms with Crippen LogP contribution in [0.1, 0.15) is 65.8 Å². The molecule has 122 valence electrons. The monoisotopic (exact) mass is 328 g/mol. The van der Waals surface area contributed by atoms with Gasteiger partial charge in [-0.1, -0.05) is 0 Å². The number of nitrogens with zero attached hydrogens (tertiary/aromatic N) is 4. The third-order valence-corrected chi connectivity index (χ3v) is 6.54. The normalized spacial score (nSPS) is 23.4. The molecule has 1 fully saturated rings. The van der Waals surface area contributed by atoms with Crippen molar-refractivity contribution in [2.45, 2.75) is 57.4 Å². The van der Waals surface area contributed by atoms with E-state index in [-0.39, 0.29) is 0 Å². The highest BCUT2D eigenvalue weighted by Crippen LogP contribution is 2.36. The summed E-state index contributed by atoms with van der Waals surface area (Å²) >= 11 is 1.99. The molecule has 2 atom stereocenters. The molecule has 1 saturated heterocycles. The van der Waals surface area contributed by atoms with Gasteiger partial charge in [0.25, 0.3) is 0 Å². The predicted molar refractivity (Wildman–Crippen MR) is 92.8 cm³/mol. The van der Waals surface area contributed by atoms with Crippen molar-refractivity contribution in [1.82, 2.24) is 19.9 Å². The van der Waals surface area contributed by atoms with Gasteiger partial charge in [-0.05, 0) is 52.0 Å². The zero-order chi connectivity index (χ0) is 15.6. The number of hydrogen-bond donors (Lipinski definition) is 0. The van der Waals surface area contributed by atoms with Crippen LogP contribution in [0.4, 0.5) is 0 Å². The molecular weight excluding hydrogens is 304 g/mol. The molecule has 1 aliphatic heterocycles. The van der Waals surface area contributed by atoms with Gasteiger partial charge >= 0.3 is 0 Å².